The lowest BCUT2D eigenvalue weighted by Crippen LogP contribution is -2.28. The van der Waals surface area contributed by atoms with E-state index in [1.165, 1.54) is 35.2 Å². The van der Waals surface area contributed by atoms with Crippen LogP contribution in [0.5, 0.6) is 0 Å². The van der Waals surface area contributed by atoms with Gasteiger partial charge in [0.2, 0.25) is 0 Å². The van der Waals surface area contributed by atoms with Crippen LogP contribution in [0.25, 0.3) is 10.9 Å². The first-order valence-corrected chi connectivity index (χ1v) is 9.43. The van der Waals surface area contributed by atoms with Crippen molar-refractivity contribution in [2.24, 2.45) is 0 Å². The van der Waals surface area contributed by atoms with Crippen molar-refractivity contribution < 1.29 is 18.0 Å². The van der Waals surface area contributed by atoms with Crippen molar-refractivity contribution >= 4 is 28.6 Å². The summed E-state index contributed by atoms with van der Waals surface area (Å²) in [4.78, 5) is 17.8. The Bertz CT molecular complexity index is 965. The number of nitrogens with one attached hydrogen (secondary N) is 1. The first-order valence-electron chi connectivity index (χ1n) is 8.62. The molecule has 2 heterocycles. The van der Waals surface area contributed by atoms with Crippen LogP contribution in [0.2, 0.25) is 0 Å². The van der Waals surface area contributed by atoms with Crippen LogP contribution in [0.15, 0.2) is 59.6 Å². The number of aromatic amines is 1. The summed E-state index contributed by atoms with van der Waals surface area (Å²) in [5.41, 5.74) is -1.62. The van der Waals surface area contributed by atoms with Gasteiger partial charge in [-0.2, -0.15) is 13.2 Å². The molecule has 7 heteroatoms. The van der Waals surface area contributed by atoms with Gasteiger partial charge in [-0.3, -0.25) is 4.79 Å². The molecule has 140 valence electrons. The van der Waals surface area contributed by atoms with Crippen LogP contribution >= 0.6 is 11.8 Å². The van der Waals surface area contributed by atoms with Gasteiger partial charge in [-0.25, -0.2) is 0 Å². The van der Waals surface area contributed by atoms with Crippen molar-refractivity contribution in [2.75, 3.05) is 13.1 Å². The van der Waals surface area contributed by atoms with Crippen molar-refractivity contribution in [3.63, 3.8) is 0 Å². The van der Waals surface area contributed by atoms with E-state index in [4.69, 9.17) is 0 Å². The number of amides is 1. The molecule has 0 saturated carbocycles. The topological polar surface area (TPSA) is 36.1 Å². The largest absolute Gasteiger partial charge is 0.446 e. The number of likely N-dealkylation sites (tertiary alicyclic amines) is 1. The molecule has 3 nitrogen and oxygen atoms in total. The van der Waals surface area contributed by atoms with Crippen molar-refractivity contribution in [1.29, 1.82) is 0 Å². The third-order valence-electron chi connectivity index (χ3n) is 4.87. The number of carbonyl (C=O) groups excluding carboxylic acids is 1. The maximum atomic E-state index is 12.7. The van der Waals surface area contributed by atoms with E-state index in [1.54, 1.807) is 4.90 Å². The zero-order valence-electron chi connectivity index (χ0n) is 14.3. The second-order valence-electron chi connectivity index (χ2n) is 6.60. The fraction of sp³-hybridized carbons (Fsp3) is 0.250. The molecular formula is C20H17F3N2OS. The summed E-state index contributed by atoms with van der Waals surface area (Å²) in [6, 6.07) is 13.7. The fourth-order valence-electron chi connectivity index (χ4n) is 3.61. The van der Waals surface area contributed by atoms with Gasteiger partial charge in [0.05, 0.1) is 0 Å². The van der Waals surface area contributed by atoms with Crippen molar-refractivity contribution in [3.05, 3.63) is 65.9 Å². The Morgan fingerprint density at radius 1 is 1.11 bits per heavy atom. The van der Waals surface area contributed by atoms with Gasteiger partial charge in [0, 0.05) is 46.6 Å². The summed E-state index contributed by atoms with van der Waals surface area (Å²) in [7, 11) is 0. The van der Waals surface area contributed by atoms with Crippen LogP contribution in [0.3, 0.4) is 0 Å². The highest BCUT2D eigenvalue weighted by atomic mass is 32.2. The number of fused-ring (bicyclic) bond motifs is 1. The van der Waals surface area contributed by atoms with Crippen LogP contribution in [-0.2, 0) is 0 Å². The van der Waals surface area contributed by atoms with Gasteiger partial charge in [0.1, 0.15) is 0 Å². The Hall–Kier alpha value is -2.41. The second-order valence-corrected chi connectivity index (χ2v) is 7.74. The van der Waals surface area contributed by atoms with E-state index in [0.717, 1.165) is 11.9 Å². The van der Waals surface area contributed by atoms with E-state index in [1.807, 2.05) is 24.4 Å². The van der Waals surface area contributed by atoms with Crippen LogP contribution in [-0.4, -0.2) is 34.4 Å². The summed E-state index contributed by atoms with van der Waals surface area (Å²) < 4.78 is 37.3. The number of hydrogen-bond donors (Lipinski definition) is 1. The van der Waals surface area contributed by atoms with Gasteiger partial charge in [-0.05, 0) is 54.1 Å². The minimum absolute atomic E-state index is 0.0807. The Morgan fingerprint density at radius 2 is 1.85 bits per heavy atom. The molecular weight excluding hydrogens is 373 g/mol. The number of H-pyrrole nitrogens is 1. The Morgan fingerprint density at radius 3 is 2.59 bits per heavy atom. The molecule has 0 spiro atoms. The van der Waals surface area contributed by atoms with E-state index in [-0.39, 0.29) is 28.5 Å². The molecule has 1 aromatic heterocycles. The van der Waals surface area contributed by atoms with Crippen molar-refractivity contribution in [3.8, 4) is 0 Å². The van der Waals surface area contributed by atoms with Gasteiger partial charge in [0.25, 0.3) is 5.91 Å². The summed E-state index contributed by atoms with van der Waals surface area (Å²) in [5, 5.41) is 1.17. The number of halogens is 3. The maximum absolute atomic E-state index is 12.7. The van der Waals surface area contributed by atoms with Gasteiger partial charge < -0.3 is 9.88 Å². The van der Waals surface area contributed by atoms with E-state index < -0.39 is 5.51 Å². The number of carbonyl (C=O) groups is 1. The molecule has 0 aliphatic carbocycles. The molecule has 0 bridgehead atoms. The molecule has 1 amide bonds. The molecule has 2 aromatic carbocycles. The average Bonchev–Trinajstić information content (AvgIpc) is 3.27. The Balaban J connectivity index is 1.46. The van der Waals surface area contributed by atoms with Gasteiger partial charge in [-0.15, -0.1) is 0 Å². The van der Waals surface area contributed by atoms with Crippen LogP contribution in [0.1, 0.15) is 28.3 Å². The number of benzene rings is 2. The summed E-state index contributed by atoms with van der Waals surface area (Å²) in [6.45, 7) is 1.25. The summed E-state index contributed by atoms with van der Waals surface area (Å²) in [5.74, 6) is 0.117. The molecule has 1 N–H and O–H groups in total. The predicted octanol–water partition coefficient (Wildman–Crippen LogP) is 5.41. The minimum atomic E-state index is -4.33. The predicted molar refractivity (Wildman–Crippen MR) is 99.9 cm³/mol. The first kappa shape index (κ1) is 18.0. The number of hydrogen-bond acceptors (Lipinski definition) is 2. The van der Waals surface area contributed by atoms with E-state index >= 15 is 0 Å². The number of para-hydroxylation sites is 1. The highest BCUT2D eigenvalue weighted by Gasteiger charge is 2.31. The third kappa shape index (κ3) is 3.83. The molecule has 1 aliphatic rings. The number of alkyl halides is 3. The number of nitrogens with zero attached hydrogens (tertiary/aromatic N) is 1. The molecule has 1 aliphatic heterocycles. The third-order valence-corrected chi connectivity index (χ3v) is 5.61. The van der Waals surface area contributed by atoms with E-state index in [0.29, 0.717) is 18.7 Å². The zero-order chi connectivity index (χ0) is 19.0. The smallest absolute Gasteiger partial charge is 0.361 e. The number of thioether (sulfide) groups is 1. The van der Waals surface area contributed by atoms with E-state index in [2.05, 4.69) is 11.1 Å². The SMILES string of the molecule is O=C(c1ccc(SC(F)(F)F)cc1)N1CCC(c2c[nH]c3ccccc23)C1. The maximum Gasteiger partial charge on any atom is 0.446 e. The fourth-order valence-corrected chi connectivity index (χ4v) is 4.15. The second kappa shape index (κ2) is 6.96. The Kier molecular flexibility index (Phi) is 4.63. The molecule has 4 rings (SSSR count). The quantitative estimate of drug-likeness (QED) is 0.607. The molecule has 3 aromatic rings. The summed E-state index contributed by atoms with van der Waals surface area (Å²) >= 11 is -0.175. The molecule has 1 atom stereocenters. The van der Waals surface area contributed by atoms with Crippen LogP contribution < -0.4 is 0 Å². The van der Waals surface area contributed by atoms with Gasteiger partial charge >= 0.3 is 5.51 Å². The molecule has 27 heavy (non-hydrogen) atoms. The lowest BCUT2D eigenvalue weighted by Gasteiger charge is -2.17. The lowest BCUT2D eigenvalue weighted by molar-refractivity contribution is -0.0328. The lowest BCUT2D eigenvalue weighted by atomic mass is 9.98. The zero-order valence-corrected chi connectivity index (χ0v) is 15.1. The van der Waals surface area contributed by atoms with Gasteiger partial charge in [0.15, 0.2) is 0 Å². The molecule has 1 saturated heterocycles. The van der Waals surface area contributed by atoms with Crippen LogP contribution in [0, 0.1) is 0 Å². The number of rotatable bonds is 3. The molecule has 1 unspecified atom stereocenters. The average molecular weight is 390 g/mol. The monoisotopic (exact) mass is 390 g/mol. The normalized spacial score (nSPS) is 17.6. The standard InChI is InChI=1S/C20H17F3N2OS/c21-20(22,23)27-15-7-5-13(6-8-15)19(26)25-10-9-14(12-25)17-11-24-18-4-2-1-3-16(17)18/h1-8,11,14,24H,9-10,12H2. The molecule has 1 fully saturated rings. The molecule has 0 radical (unpaired) electrons. The van der Waals surface area contributed by atoms with Crippen LogP contribution in [0.4, 0.5) is 13.2 Å². The highest BCUT2D eigenvalue weighted by molar-refractivity contribution is 8.00. The summed E-state index contributed by atoms with van der Waals surface area (Å²) in [6.07, 6.45) is 2.88. The number of aromatic nitrogens is 1. The highest BCUT2D eigenvalue weighted by Crippen LogP contribution is 2.37. The van der Waals surface area contributed by atoms with Gasteiger partial charge in [-0.1, -0.05) is 18.2 Å². The Labute approximate surface area is 158 Å². The minimum Gasteiger partial charge on any atom is -0.361 e. The van der Waals surface area contributed by atoms with Crippen molar-refractivity contribution in [2.45, 2.75) is 22.7 Å². The van der Waals surface area contributed by atoms with E-state index in [9.17, 15) is 18.0 Å². The first-order chi connectivity index (χ1) is 12.9. The van der Waals surface area contributed by atoms with Crippen molar-refractivity contribution in [1.82, 2.24) is 9.88 Å².